The van der Waals surface area contributed by atoms with E-state index in [2.05, 4.69) is 11.9 Å². The quantitative estimate of drug-likeness (QED) is 0.740. The molecular weight excluding hydrogens is 212 g/mol. The van der Waals surface area contributed by atoms with Crippen LogP contribution in [0.1, 0.15) is 25.7 Å². The molecule has 0 N–H and O–H groups in total. The standard InChI is InChI=1S/C14H24N2O/c1-15-4-3-10(8-15)9-16(2)14(17)13-6-11-5-12(11)7-13/h10-13H,3-9H2,1-2H3. The van der Waals surface area contributed by atoms with E-state index in [1.165, 1.54) is 32.2 Å². The van der Waals surface area contributed by atoms with Gasteiger partial charge in [-0.25, -0.2) is 0 Å². The number of carbonyl (C=O) groups is 1. The van der Waals surface area contributed by atoms with Crippen LogP contribution < -0.4 is 0 Å². The molecule has 0 radical (unpaired) electrons. The summed E-state index contributed by atoms with van der Waals surface area (Å²) < 4.78 is 0. The molecule has 2 aliphatic carbocycles. The van der Waals surface area contributed by atoms with Crippen molar-refractivity contribution in [3.63, 3.8) is 0 Å². The number of rotatable bonds is 3. The lowest BCUT2D eigenvalue weighted by atomic mass is 10.0. The first-order chi connectivity index (χ1) is 8.13. The first kappa shape index (κ1) is 11.5. The molecule has 0 aromatic heterocycles. The van der Waals surface area contributed by atoms with Gasteiger partial charge in [0.2, 0.25) is 5.91 Å². The van der Waals surface area contributed by atoms with Crippen LogP contribution in [0, 0.1) is 23.7 Å². The van der Waals surface area contributed by atoms with E-state index in [4.69, 9.17) is 0 Å². The molecule has 0 spiro atoms. The molecule has 3 fully saturated rings. The van der Waals surface area contributed by atoms with Gasteiger partial charge in [-0.2, -0.15) is 0 Å². The summed E-state index contributed by atoms with van der Waals surface area (Å²) in [5.41, 5.74) is 0. The Morgan fingerprint density at radius 2 is 2.00 bits per heavy atom. The normalized spacial score (nSPS) is 40.4. The predicted molar refractivity (Wildman–Crippen MR) is 67.6 cm³/mol. The zero-order valence-electron chi connectivity index (χ0n) is 11.1. The summed E-state index contributed by atoms with van der Waals surface area (Å²) in [5, 5.41) is 0. The molecule has 1 aliphatic heterocycles. The van der Waals surface area contributed by atoms with E-state index >= 15 is 0 Å². The summed E-state index contributed by atoms with van der Waals surface area (Å²) in [6.45, 7) is 3.32. The number of hydrogen-bond acceptors (Lipinski definition) is 2. The van der Waals surface area contributed by atoms with Gasteiger partial charge in [-0.3, -0.25) is 4.79 Å². The van der Waals surface area contributed by atoms with E-state index < -0.39 is 0 Å². The van der Waals surface area contributed by atoms with E-state index in [-0.39, 0.29) is 0 Å². The van der Waals surface area contributed by atoms with Gasteiger partial charge >= 0.3 is 0 Å². The highest BCUT2D eigenvalue weighted by Crippen LogP contribution is 2.54. The Kier molecular flexibility index (Phi) is 2.89. The lowest BCUT2D eigenvalue weighted by Crippen LogP contribution is -2.36. The third-order valence-corrected chi connectivity index (χ3v) is 4.99. The highest BCUT2D eigenvalue weighted by Gasteiger charge is 2.48. The molecule has 2 saturated carbocycles. The van der Waals surface area contributed by atoms with Gasteiger partial charge in [-0.05, 0) is 57.0 Å². The van der Waals surface area contributed by atoms with Crippen molar-refractivity contribution in [2.45, 2.75) is 25.7 Å². The summed E-state index contributed by atoms with van der Waals surface area (Å²) >= 11 is 0. The van der Waals surface area contributed by atoms with Crippen LogP contribution >= 0.6 is 0 Å². The fraction of sp³-hybridized carbons (Fsp3) is 0.929. The zero-order chi connectivity index (χ0) is 12.0. The molecule has 3 aliphatic rings. The van der Waals surface area contributed by atoms with Gasteiger partial charge in [0.1, 0.15) is 0 Å². The molecule has 17 heavy (non-hydrogen) atoms. The van der Waals surface area contributed by atoms with Crippen molar-refractivity contribution < 1.29 is 4.79 Å². The maximum absolute atomic E-state index is 12.3. The van der Waals surface area contributed by atoms with Crippen LogP contribution in [-0.2, 0) is 4.79 Å². The summed E-state index contributed by atoms with van der Waals surface area (Å²) in [7, 11) is 4.18. The average molecular weight is 236 g/mol. The number of amides is 1. The molecule has 3 heteroatoms. The molecule has 0 bridgehead atoms. The highest BCUT2D eigenvalue weighted by atomic mass is 16.2. The van der Waals surface area contributed by atoms with Crippen LogP contribution in [0.3, 0.4) is 0 Å². The van der Waals surface area contributed by atoms with Crippen LogP contribution in [0.5, 0.6) is 0 Å². The molecule has 1 heterocycles. The summed E-state index contributed by atoms with van der Waals surface area (Å²) in [5.74, 6) is 3.31. The van der Waals surface area contributed by atoms with Crippen LogP contribution in [0.25, 0.3) is 0 Å². The molecule has 1 saturated heterocycles. The molecule has 1 amide bonds. The Balaban J connectivity index is 1.48. The average Bonchev–Trinajstić information content (AvgIpc) is 2.72. The number of carbonyl (C=O) groups excluding carboxylic acids is 1. The second-order valence-corrected chi connectivity index (χ2v) is 6.56. The van der Waals surface area contributed by atoms with Crippen LogP contribution in [-0.4, -0.2) is 49.4 Å². The van der Waals surface area contributed by atoms with Gasteiger partial charge < -0.3 is 9.80 Å². The smallest absolute Gasteiger partial charge is 0.225 e. The first-order valence-electron chi connectivity index (χ1n) is 7.07. The lowest BCUT2D eigenvalue weighted by Gasteiger charge is -2.24. The molecule has 96 valence electrons. The lowest BCUT2D eigenvalue weighted by molar-refractivity contribution is -0.134. The van der Waals surface area contributed by atoms with Gasteiger partial charge in [0, 0.05) is 26.1 Å². The van der Waals surface area contributed by atoms with E-state index in [1.807, 2.05) is 11.9 Å². The number of likely N-dealkylation sites (tertiary alicyclic amines) is 1. The van der Waals surface area contributed by atoms with Crippen molar-refractivity contribution >= 4 is 5.91 Å². The Morgan fingerprint density at radius 1 is 1.29 bits per heavy atom. The van der Waals surface area contributed by atoms with Crippen molar-refractivity contribution in [3.05, 3.63) is 0 Å². The summed E-state index contributed by atoms with van der Waals surface area (Å²) in [4.78, 5) is 16.7. The fourth-order valence-corrected chi connectivity index (χ4v) is 3.88. The summed E-state index contributed by atoms with van der Waals surface area (Å²) in [6, 6.07) is 0. The highest BCUT2D eigenvalue weighted by molar-refractivity contribution is 5.79. The van der Waals surface area contributed by atoms with Crippen molar-refractivity contribution in [1.82, 2.24) is 9.80 Å². The Hall–Kier alpha value is -0.570. The first-order valence-corrected chi connectivity index (χ1v) is 7.07. The Labute approximate surface area is 104 Å². The minimum absolute atomic E-state index is 0.364. The number of hydrogen-bond donors (Lipinski definition) is 0. The monoisotopic (exact) mass is 236 g/mol. The van der Waals surface area contributed by atoms with Gasteiger partial charge in [0.15, 0.2) is 0 Å². The Morgan fingerprint density at radius 3 is 2.59 bits per heavy atom. The van der Waals surface area contributed by atoms with Crippen LogP contribution in [0.2, 0.25) is 0 Å². The molecule has 0 aromatic carbocycles. The second kappa shape index (κ2) is 4.27. The molecule has 3 rings (SSSR count). The largest absolute Gasteiger partial charge is 0.345 e. The molecule has 3 nitrogen and oxygen atoms in total. The predicted octanol–water partition coefficient (Wildman–Crippen LogP) is 1.44. The van der Waals surface area contributed by atoms with Gasteiger partial charge in [-0.15, -0.1) is 0 Å². The van der Waals surface area contributed by atoms with Crippen LogP contribution in [0.4, 0.5) is 0 Å². The van der Waals surface area contributed by atoms with Gasteiger partial charge in [0.05, 0.1) is 0 Å². The maximum Gasteiger partial charge on any atom is 0.225 e. The van der Waals surface area contributed by atoms with Crippen molar-refractivity contribution in [2.24, 2.45) is 23.7 Å². The fourth-order valence-electron chi connectivity index (χ4n) is 3.88. The van der Waals surface area contributed by atoms with Gasteiger partial charge in [0.25, 0.3) is 0 Å². The van der Waals surface area contributed by atoms with Crippen molar-refractivity contribution in [3.8, 4) is 0 Å². The molecule has 3 atom stereocenters. The van der Waals surface area contributed by atoms with E-state index in [1.54, 1.807) is 0 Å². The van der Waals surface area contributed by atoms with E-state index in [0.29, 0.717) is 17.7 Å². The number of nitrogens with zero attached hydrogens (tertiary/aromatic N) is 2. The van der Waals surface area contributed by atoms with Crippen LogP contribution in [0.15, 0.2) is 0 Å². The van der Waals surface area contributed by atoms with E-state index in [9.17, 15) is 4.79 Å². The van der Waals surface area contributed by atoms with Crippen molar-refractivity contribution in [2.75, 3.05) is 33.7 Å². The zero-order valence-corrected chi connectivity index (χ0v) is 11.1. The van der Waals surface area contributed by atoms with Gasteiger partial charge in [-0.1, -0.05) is 0 Å². The summed E-state index contributed by atoms with van der Waals surface area (Å²) in [6.07, 6.45) is 5.02. The SMILES string of the molecule is CN1CCC(CN(C)C(=O)C2CC3CC3C2)C1. The second-order valence-electron chi connectivity index (χ2n) is 6.56. The minimum Gasteiger partial charge on any atom is -0.345 e. The molecule has 0 aromatic rings. The minimum atomic E-state index is 0.364. The molecular formula is C14H24N2O. The van der Waals surface area contributed by atoms with Crippen molar-refractivity contribution in [1.29, 1.82) is 0 Å². The molecule has 3 unspecified atom stereocenters. The third kappa shape index (κ3) is 2.35. The number of fused-ring (bicyclic) bond motifs is 1. The third-order valence-electron chi connectivity index (χ3n) is 4.99. The topological polar surface area (TPSA) is 23.6 Å². The maximum atomic E-state index is 12.3. The Bertz CT molecular complexity index is 307. The van der Waals surface area contributed by atoms with E-state index in [0.717, 1.165) is 24.9 Å².